The van der Waals surface area contributed by atoms with E-state index in [1.54, 1.807) is 0 Å². The third-order valence-electron chi connectivity index (χ3n) is 3.16. The topological polar surface area (TPSA) is 46.2 Å². The maximum Gasteiger partial charge on any atom is 0.147 e. The highest BCUT2D eigenvalue weighted by Gasteiger charge is 2.31. The highest BCUT2D eigenvalue weighted by Crippen LogP contribution is 2.27. The molecule has 0 bridgehead atoms. The Morgan fingerprint density at radius 3 is 1.85 bits per heavy atom. The second-order valence-corrected chi connectivity index (χ2v) is 8.29. The maximum atomic E-state index is 12.5. The van der Waals surface area contributed by atoms with E-state index in [-0.39, 0.29) is 28.4 Å². The first-order valence-corrected chi connectivity index (χ1v) is 7.64. The van der Waals surface area contributed by atoms with Crippen LogP contribution in [0.2, 0.25) is 0 Å². The lowest BCUT2D eigenvalue weighted by atomic mass is 9.77. The third-order valence-corrected chi connectivity index (χ3v) is 3.16. The van der Waals surface area contributed by atoms with Crippen LogP contribution in [-0.4, -0.2) is 23.7 Å². The molecule has 20 heavy (non-hydrogen) atoms. The standard InChI is InChI=1S/C17H33NO2/c1-12(2)9-13(15(20)16(3,4)5)10-14(19)11-18-17(6,7)8/h12-13,18H,9-11H2,1-8H3/t13-/m1/s1. The van der Waals surface area contributed by atoms with Crippen molar-refractivity contribution in [2.75, 3.05) is 6.54 Å². The van der Waals surface area contributed by atoms with E-state index in [0.717, 1.165) is 6.42 Å². The monoisotopic (exact) mass is 283 g/mol. The SMILES string of the molecule is CC(C)C[C@H](CC(=O)CNC(C)(C)C)C(=O)C(C)(C)C. The van der Waals surface area contributed by atoms with Crippen LogP contribution in [0.4, 0.5) is 0 Å². The van der Waals surface area contributed by atoms with E-state index in [2.05, 4.69) is 19.2 Å². The molecular weight excluding hydrogens is 250 g/mol. The predicted molar refractivity (Wildman–Crippen MR) is 84.8 cm³/mol. The average molecular weight is 283 g/mol. The molecule has 0 unspecified atom stereocenters. The number of carbonyl (C=O) groups is 2. The second kappa shape index (κ2) is 7.35. The Morgan fingerprint density at radius 1 is 1.00 bits per heavy atom. The van der Waals surface area contributed by atoms with Crippen LogP contribution in [-0.2, 0) is 9.59 Å². The molecule has 0 aromatic heterocycles. The second-order valence-electron chi connectivity index (χ2n) is 8.29. The van der Waals surface area contributed by atoms with Crippen LogP contribution in [0.5, 0.6) is 0 Å². The van der Waals surface area contributed by atoms with Crippen molar-refractivity contribution in [3.05, 3.63) is 0 Å². The highest BCUT2D eigenvalue weighted by atomic mass is 16.1. The van der Waals surface area contributed by atoms with Gasteiger partial charge in [0.2, 0.25) is 0 Å². The third kappa shape index (κ3) is 8.47. The van der Waals surface area contributed by atoms with Crippen LogP contribution in [0.25, 0.3) is 0 Å². The maximum absolute atomic E-state index is 12.5. The fraction of sp³-hybridized carbons (Fsp3) is 0.882. The van der Waals surface area contributed by atoms with Crippen molar-refractivity contribution in [2.45, 2.75) is 73.8 Å². The fourth-order valence-electron chi connectivity index (χ4n) is 2.18. The first kappa shape index (κ1) is 19.3. The molecule has 0 saturated heterocycles. The first-order valence-electron chi connectivity index (χ1n) is 7.64. The summed E-state index contributed by atoms with van der Waals surface area (Å²) in [5.74, 6) is 0.609. The van der Waals surface area contributed by atoms with Crippen molar-refractivity contribution in [3.8, 4) is 0 Å². The minimum Gasteiger partial charge on any atom is -0.305 e. The first-order chi connectivity index (χ1) is 8.83. The number of rotatable bonds is 7. The molecule has 0 aromatic carbocycles. The summed E-state index contributed by atoms with van der Waals surface area (Å²) in [4.78, 5) is 24.6. The summed E-state index contributed by atoms with van der Waals surface area (Å²) in [6.45, 7) is 16.4. The van der Waals surface area contributed by atoms with Crippen molar-refractivity contribution >= 4 is 11.6 Å². The van der Waals surface area contributed by atoms with E-state index in [0.29, 0.717) is 18.9 Å². The van der Waals surface area contributed by atoms with Crippen molar-refractivity contribution in [3.63, 3.8) is 0 Å². The van der Waals surface area contributed by atoms with Crippen LogP contribution in [0.1, 0.15) is 68.2 Å². The van der Waals surface area contributed by atoms with E-state index in [1.807, 2.05) is 41.5 Å². The number of Topliss-reactive ketones (excluding diaryl/α,β-unsaturated/α-hetero) is 2. The molecule has 0 aromatic rings. The van der Waals surface area contributed by atoms with Crippen molar-refractivity contribution in [1.82, 2.24) is 5.32 Å². The van der Waals surface area contributed by atoms with Gasteiger partial charge in [0, 0.05) is 23.3 Å². The van der Waals surface area contributed by atoms with Gasteiger partial charge in [-0.2, -0.15) is 0 Å². The van der Waals surface area contributed by atoms with Gasteiger partial charge < -0.3 is 5.32 Å². The predicted octanol–water partition coefficient (Wildman–Crippen LogP) is 3.61. The van der Waals surface area contributed by atoms with E-state index in [1.165, 1.54) is 0 Å². The summed E-state index contributed by atoms with van der Waals surface area (Å²) >= 11 is 0. The summed E-state index contributed by atoms with van der Waals surface area (Å²) in [7, 11) is 0. The van der Waals surface area contributed by atoms with Gasteiger partial charge in [0.15, 0.2) is 0 Å². The Bertz CT molecular complexity index is 332. The van der Waals surface area contributed by atoms with Crippen LogP contribution in [0.15, 0.2) is 0 Å². The lowest BCUT2D eigenvalue weighted by Crippen LogP contribution is -2.40. The van der Waals surface area contributed by atoms with Gasteiger partial charge in [-0.25, -0.2) is 0 Å². The normalized spacial score (nSPS) is 14.4. The molecule has 0 heterocycles. The quantitative estimate of drug-likeness (QED) is 0.776. The minimum absolute atomic E-state index is 0.0722. The van der Waals surface area contributed by atoms with E-state index in [4.69, 9.17) is 0 Å². The molecule has 1 N–H and O–H groups in total. The van der Waals surface area contributed by atoms with Gasteiger partial charge in [-0.15, -0.1) is 0 Å². The van der Waals surface area contributed by atoms with Crippen molar-refractivity contribution in [1.29, 1.82) is 0 Å². The Morgan fingerprint density at radius 2 is 1.50 bits per heavy atom. The molecule has 0 radical (unpaired) electrons. The summed E-state index contributed by atoms with van der Waals surface area (Å²) in [5, 5.41) is 3.20. The molecule has 0 amide bonds. The van der Waals surface area contributed by atoms with Gasteiger partial charge in [0.1, 0.15) is 11.6 Å². The number of hydrogen-bond donors (Lipinski definition) is 1. The molecule has 0 rings (SSSR count). The Kier molecular flexibility index (Phi) is 7.09. The van der Waals surface area contributed by atoms with Gasteiger partial charge in [-0.05, 0) is 33.1 Å². The molecule has 0 saturated carbocycles. The number of ketones is 2. The highest BCUT2D eigenvalue weighted by molar-refractivity contribution is 5.91. The van der Waals surface area contributed by atoms with Gasteiger partial charge in [-0.1, -0.05) is 34.6 Å². The minimum atomic E-state index is -0.378. The van der Waals surface area contributed by atoms with Crippen LogP contribution in [0, 0.1) is 17.3 Å². The molecule has 3 nitrogen and oxygen atoms in total. The molecule has 0 aliphatic carbocycles. The molecule has 3 heteroatoms. The molecule has 0 spiro atoms. The average Bonchev–Trinajstić information content (AvgIpc) is 2.21. The molecular formula is C17H33NO2. The van der Waals surface area contributed by atoms with Crippen LogP contribution in [0.3, 0.4) is 0 Å². The van der Waals surface area contributed by atoms with Gasteiger partial charge >= 0.3 is 0 Å². The van der Waals surface area contributed by atoms with Crippen LogP contribution >= 0.6 is 0 Å². The van der Waals surface area contributed by atoms with Crippen molar-refractivity contribution < 1.29 is 9.59 Å². The summed E-state index contributed by atoms with van der Waals surface area (Å²) in [6, 6.07) is 0. The Balaban J connectivity index is 4.66. The lowest BCUT2D eigenvalue weighted by molar-refractivity contribution is -0.134. The Labute approximate surface area is 124 Å². The van der Waals surface area contributed by atoms with Gasteiger partial charge in [0.25, 0.3) is 0 Å². The fourth-order valence-corrected chi connectivity index (χ4v) is 2.18. The molecule has 0 aliphatic rings. The zero-order valence-electron chi connectivity index (χ0n) is 14.6. The number of carbonyl (C=O) groups excluding carboxylic acids is 2. The lowest BCUT2D eigenvalue weighted by Gasteiger charge is -2.26. The molecule has 0 aliphatic heterocycles. The Hall–Kier alpha value is -0.700. The summed E-state index contributed by atoms with van der Waals surface area (Å²) < 4.78 is 0. The van der Waals surface area contributed by atoms with Gasteiger partial charge in [0.05, 0.1) is 6.54 Å². The largest absolute Gasteiger partial charge is 0.305 e. The molecule has 118 valence electrons. The summed E-state index contributed by atoms with van der Waals surface area (Å²) in [6.07, 6.45) is 1.15. The zero-order valence-corrected chi connectivity index (χ0v) is 14.6. The molecule has 0 fully saturated rings. The molecule has 1 atom stereocenters. The number of nitrogens with one attached hydrogen (secondary N) is 1. The van der Waals surface area contributed by atoms with Gasteiger partial charge in [-0.3, -0.25) is 9.59 Å². The van der Waals surface area contributed by atoms with E-state index >= 15 is 0 Å². The van der Waals surface area contributed by atoms with Crippen LogP contribution < -0.4 is 5.32 Å². The number of hydrogen-bond acceptors (Lipinski definition) is 3. The summed E-state index contributed by atoms with van der Waals surface area (Å²) in [5.41, 5.74) is -0.450. The van der Waals surface area contributed by atoms with E-state index in [9.17, 15) is 9.59 Å². The van der Waals surface area contributed by atoms with E-state index < -0.39 is 0 Å². The smallest absolute Gasteiger partial charge is 0.147 e. The zero-order chi connectivity index (χ0) is 16.1. The van der Waals surface area contributed by atoms with Crippen molar-refractivity contribution in [2.24, 2.45) is 17.3 Å².